The molecule has 3 rings (SSSR count). The molecule has 1 aromatic rings. The summed E-state index contributed by atoms with van der Waals surface area (Å²) in [4.78, 5) is 2.28. The molecule has 0 aromatic heterocycles. The van der Waals surface area contributed by atoms with E-state index in [1.807, 2.05) is 0 Å². The number of hydrogen-bond acceptors (Lipinski definition) is 1. The van der Waals surface area contributed by atoms with Gasteiger partial charge in [-0.2, -0.15) is 0 Å². The molecule has 0 fully saturated rings. The average Bonchev–Trinajstić information content (AvgIpc) is 2.24. The molecule has 0 radical (unpaired) electrons. The number of benzene rings is 1. The Bertz CT molecular complexity index is 510. The number of rotatable bonds is 0. The number of nitrogens with zero attached hydrogens (tertiary/aromatic N) is 1. The lowest BCUT2D eigenvalue weighted by Crippen LogP contribution is -2.40. The van der Waals surface area contributed by atoms with E-state index in [0.29, 0.717) is 6.04 Å². The van der Waals surface area contributed by atoms with E-state index in [1.165, 1.54) is 16.0 Å². The first-order valence-electron chi connectivity index (χ1n) is 5.05. The van der Waals surface area contributed by atoms with Crippen molar-refractivity contribution in [1.29, 1.82) is 0 Å². The summed E-state index contributed by atoms with van der Waals surface area (Å²) in [6.45, 7) is 0. The van der Waals surface area contributed by atoms with Crippen molar-refractivity contribution in [3.63, 3.8) is 0 Å². The monoisotopic (exact) mass is 183 g/mol. The van der Waals surface area contributed by atoms with Crippen molar-refractivity contribution in [3.8, 4) is 0 Å². The van der Waals surface area contributed by atoms with Gasteiger partial charge in [0.25, 0.3) is 0 Å². The van der Waals surface area contributed by atoms with Gasteiger partial charge >= 0.3 is 0 Å². The highest BCUT2D eigenvalue weighted by Gasteiger charge is 2.18. The van der Waals surface area contributed by atoms with Gasteiger partial charge in [0.05, 0.1) is 6.04 Å². The van der Waals surface area contributed by atoms with Crippen molar-refractivity contribution in [1.82, 2.24) is 4.90 Å². The molecular formula is C13H13N. The van der Waals surface area contributed by atoms with Gasteiger partial charge in [0.1, 0.15) is 0 Å². The van der Waals surface area contributed by atoms with Crippen LogP contribution in [0.4, 0.5) is 0 Å². The molecule has 70 valence electrons. The summed E-state index contributed by atoms with van der Waals surface area (Å²) in [5.41, 5.74) is 1.48. The van der Waals surface area contributed by atoms with Gasteiger partial charge in [-0.1, -0.05) is 30.3 Å². The summed E-state index contributed by atoms with van der Waals surface area (Å²) in [7, 11) is 2.14. The van der Waals surface area contributed by atoms with Crippen molar-refractivity contribution in [2.75, 3.05) is 7.05 Å². The van der Waals surface area contributed by atoms with Gasteiger partial charge in [-0.05, 0) is 34.7 Å². The molecular weight excluding hydrogens is 170 g/mol. The maximum Gasteiger partial charge on any atom is 0.0513 e. The topological polar surface area (TPSA) is 3.24 Å². The van der Waals surface area contributed by atoms with Crippen LogP contribution in [0.15, 0.2) is 36.5 Å². The van der Waals surface area contributed by atoms with Gasteiger partial charge in [0.2, 0.25) is 0 Å². The predicted octanol–water partition coefficient (Wildman–Crippen LogP) is 0.849. The predicted molar refractivity (Wildman–Crippen MR) is 58.9 cm³/mol. The highest BCUT2D eigenvalue weighted by Crippen LogP contribution is 2.20. The van der Waals surface area contributed by atoms with Crippen LogP contribution < -0.4 is 10.4 Å². The second-order valence-corrected chi connectivity index (χ2v) is 4.03. The first-order valence-corrected chi connectivity index (χ1v) is 5.05. The van der Waals surface area contributed by atoms with Crippen molar-refractivity contribution in [2.45, 2.75) is 12.5 Å². The van der Waals surface area contributed by atoms with E-state index in [1.54, 1.807) is 0 Å². The molecule has 1 unspecified atom stereocenters. The molecule has 0 saturated carbocycles. The molecule has 1 aromatic carbocycles. The van der Waals surface area contributed by atoms with Crippen LogP contribution in [-0.2, 0) is 0 Å². The van der Waals surface area contributed by atoms with E-state index < -0.39 is 0 Å². The van der Waals surface area contributed by atoms with Crippen molar-refractivity contribution < 1.29 is 0 Å². The molecule has 1 heteroatoms. The first-order chi connectivity index (χ1) is 6.84. The maximum atomic E-state index is 2.36. The van der Waals surface area contributed by atoms with Gasteiger partial charge < -0.3 is 4.90 Å². The molecule has 1 heterocycles. The number of fused-ring (bicyclic) bond motifs is 3. The van der Waals surface area contributed by atoms with Crippen LogP contribution in [0.5, 0.6) is 0 Å². The minimum Gasteiger partial charge on any atom is -0.374 e. The quantitative estimate of drug-likeness (QED) is 0.576. The van der Waals surface area contributed by atoms with Gasteiger partial charge in [-0.25, -0.2) is 0 Å². The minimum atomic E-state index is 0.560. The van der Waals surface area contributed by atoms with E-state index in [2.05, 4.69) is 54.6 Å². The van der Waals surface area contributed by atoms with E-state index >= 15 is 0 Å². The Kier molecular flexibility index (Phi) is 1.54. The van der Waals surface area contributed by atoms with Gasteiger partial charge in [0, 0.05) is 7.05 Å². The van der Waals surface area contributed by atoms with Crippen LogP contribution in [0, 0.1) is 0 Å². The Balaban J connectivity index is 2.39. The normalized spacial score (nSPS) is 23.1. The molecule has 2 aliphatic rings. The van der Waals surface area contributed by atoms with Crippen LogP contribution in [-0.4, -0.2) is 18.0 Å². The van der Waals surface area contributed by atoms with E-state index in [4.69, 9.17) is 0 Å². The van der Waals surface area contributed by atoms with Crippen molar-refractivity contribution >= 4 is 11.6 Å². The fourth-order valence-electron chi connectivity index (χ4n) is 2.27. The second-order valence-electron chi connectivity index (χ2n) is 4.03. The van der Waals surface area contributed by atoms with Crippen LogP contribution in [0.3, 0.4) is 0 Å². The Labute approximate surface area is 83.7 Å². The number of allylic oxidation sites excluding steroid dienone is 1. The van der Waals surface area contributed by atoms with E-state index in [0.717, 1.165) is 6.42 Å². The third-order valence-electron chi connectivity index (χ3n) is 3.14. The second kappa shape index (κ2) is 2.74. The zero-order valence-corrected chi connectivity index (χ0v) is 8.27. The van der Waals surface area contributed by atoms with Gasteiger partial charge in [-0.15, -0.1) is 0 Å². The van der Waals surface area contributed by atoms with Crippen LogP contribution in [0.25, 0.3) is 11.6 Å². The van der Waals surface area contributed by atoms with Gasteiger partial charge in [-0.3, -0.25) is 0 Å². The molecule has 0 spiro atoms. The molecule has 14 heavy (non-hydrogen) atoms. The summed E-state index contributed by atoms with van der Waals surface area (Å²) >= 11 is 0. The molecule has 1 aliphatic heterocycles. The summed E-state index contributed by atoms with van der Waals surface area (Å²) < 4.78 is 0. The highest BCUT2D eigenvalue weighted by molar-refractivity contribution is 5.64. The zero-order chi connectivity index (χ0) is 9.54. The van der Waals surface area contributed by atoms with E-state index in [-0.39, 0.29) is 0 Å². The fraction of sp³-hybridized carbons (Fsp3) is 0.231. The van der Waals surface area contributed by atoms with Crippen LogP contribution in [0.1, 0.15) is 6.42 Å². The molecule has 1 aliphatic carbocycles. The number of hydrogen-bond donors (Lipinski definition) is 0. The molecule has 2 bridgehead atoms. The zero-order valence-electron chi connectivity index (χ0n) is 8.27. The fourth-order valence-corrected chi connectivity index (χ4v) is 2.27. The smallest absolute Gasteiger partial charge is 0.0513 e. The molecule has 0 amide bonds. The van der Waals surface area contributed by atoms with Crippen molar-refractivity contribution in [3.05, 3.63) is 47.0 Å². The molecule has 1 atom stereocenters. The summed E-state index contributed by atoms with van der Waals surface area (Å²) in [6, 6.07) is 9.21. The van der Waals surface area contributed by atoms with Crippen LogP contribution in [0.2, 0.25) is 0 Å². The third-order valence-corrected chi connectivity index (χ3v) is 3.14. The minimum absolute atomic E-state index is 0.560. The Morgan fingerprint density at radius 3 is 3.07 bits per heavy atom. The van der Waals surface area contributed by atoms with Crippen molar-refractivity contribution in [2.24, 2.45) is 0 Å². The van der Waals surface area contributed by atoms with E-state index in [9.17, 15) is 0 Å². The lowest BCUT2D eigenvalue weighted by atomic mass is 9.93. The highest BCUT2D eigenvalue weighted by atomic mass is 15.1. The largest absolute Gasteiger partial charge is 0.374 e. The standard InChI is InChI=1S/C13H13N/c1-14-7-6-11-9-12(14)8-10-4-2-3-5-13(10)11/h2-8,12H,9H2,1H3. The van der Waals surface area contributed by atoms with Gasteiger partial charge in [0.15, 0.2) is 0 Å². The summed E-state index contributed by atoms with van der Waals surface area (Å²) in [5.74, 6) is 0. The van der Waals surface area contributed by atoms with Crippen LogP contribution >= 0.6 is 0 Å². The molecule has 0 N–H and O–H groups in total. The Morgan fingerprint density at radius 2 is 2.14 bits per heavy atom. The summed E-state index contributed by atoms with van der Waals surface area (Å²) in [6.07, 6.45) is 7.94. The SMILES string of the molecule is CN1C=CC2=c3ccccc3=CC1C2. The molecule has 0 saturated heterocycles. The maximum absolute atomic E-state index is 2.36. The Morgan fingerprint density at radius 1 is 1.29 bits per heavy atom. The third kappa shape index (κ3) is 1.02. The summed E-state index contributed by atoms with van der Waals surface area (Å²) in [5, 5.41) is 2.79. The lowest BCUT2D eigenvalue weighted by Gasteiger charge is -2.30. The lowest BCUT2D eigenvalue weighted by molar-refractivity contribution is 0.395. The molecule has 1 nitrogen and oxygen atoms in total. The first kappa shape index (κ1) is 7.86. The average molecular weight is 183 g/mol. The Hall–Kier alpha value is -1.50.